The summed E-state index contributed by atoms with van der Waals surface area (Å²) in [6.45, 7) is 7.93. The maximum atomic E-state index is 14.7. The number of sulfonamides is 2. The first-order chi connectivity index (χ1) is 32.4. The molecule has 2 aromatic carbocycles. The lowest BCUT2D eigenvalue weighted by Gasteiger charge is -2.36. The third kappa shape index (κ3) is 12.4. The lowest BCUT2D eigenvalue weighted by atomic mass is 9.91. The van der Waals surface area contributed by atoms with Crippen molar-refractivity contribution < 1.29 is 58.6 Å². The molecule has 18 nitrogen and oxygen atoms in total. The molecular formula is C46H53F4N9O9S2. The number of anilines is 1. The van der Waals surface area contributed by atoms with Crippen molar-refractivity contribution in [1.29, 1.82) is 0 Å². The van der Waals surface area contributed by atoms with Crippen molar-refractivity contribution in [3.63, 3.8) is 0 Å². The minimum absolute atomic E-state index is 0.00469. The van der Waals surface area contributed by atoms with E-state index in [-0.39, 0.29) is 40.8 Å². The molecule has 24 heteroatoms. The van der Waals surface area contributed by atoms with Gasteiger partial charge in [-0.3, -0.25) is 10.1 Å². The number of aromatic carboxylic acids is 1. The fraction of sp³-hybridized carbons (Fsp3) is 0.413. The van der Waals surface area contributed by atoms with E-state index in [9.17, 15) is 48.8 Å². The van der Waals surface area contributed by atoms with Crippen LogP contribution in [0.15, 0.2) is 70.9 Å². The van der Waals surface area contributed by atoms with Crippen LogP contribution in [0.1, 0.15) is 121 Å². The molecule has 0 bridgehead atoms. The molecule has 70 heavy (non-hydrogen) atoms. The molecule has 0 spiro atoms. The molecule has 2 aliphatic carbocycles. The summed E-state index contributed by atoms with van der Waals surface area (Å²) in [6, 6.07) is 10.4. The van der Waals surface area contributed by atoms with Crippen molar-refractivity contribution >= 4 is 55.5 Å². The molecule has 4 aliphatic rings. The van der Waals surface area contributed by atoms with Crippen LogP contribution < -0.4 is 16.8 Å². The van der Waals surface area contributed by atoms with Crippen LogP contribution in [-0.4, -0.2) is 101 Å². The summed E-state index contributed by atoms with van der Waals surface area (Å²) >= 11 is 0. The van der Waals surface area contributed by atoms with Crippen molar-refractivity contribution in [2.45, 2.75) is 95.2 Å². The van der Waals surface area contributed by atoms with Crippen molar-refractivity contribution in [1.82, 2.24) is 23.9 Å². The zero-order chi connectivity index (χ0) is 51.9. The molecule has 2 aliphatic heterocycles. The van der Waals surface area contributed by atoms with Crippen LogP contribution in [0.2, 0.25) is 0 Å². The van der Waals surface area contributed by atoms with Gasteiger partial charge in [-0.05, 0) is 131 Å². The van der Waals surface area contributed by atoms with Crippen LogP contribution in [-0.2, 0) is 42.3 Å². The first-order valence-electron chi connectivity index (χ1n) is 21.7. The Hall–Kier alpha value is -6.69. The van der Waals surface area contributed by atoms with Crippen LogP contribution in [0, 0.1) is 23.3 Å². The molecule has 0 unspecified atom stereocenters. The van der Waals surface area contributed by atoms with Crippen molar-refractivity contribution in [2.75, 3.05) is 31.3 Å². The maximum absolute atomic E-state index is 14.7. The number of nitrogen functional groups attached to an aromatic ring is 1. The number of benzene rings is 2. The van der Waals surface area contributed by atoms with Gasteiger partial charge in [0.05, 0.1) is 11.5 Å². The Bertz CT molecular complexity index is 3040. The molecule has 0 radical (unpaired) electrons. The normalized spacial score (nSPS) is 21.4. The topological polar surface area (TPSA) is 270 Å². The highest BCUT2D eigenvalue weighted by Gasteiger charge is 2.44. The summed E-state index contributed by atoms with van der Waals surface area (Å²) < 4.78 is 113. The summed E-state index contributed by atoms with van der Waals surface area (Å²) in [6.07, 6.45) is 5.96. The number of halogens is 4. The van der Waals surface area contributed by atoms with Gasteiger partial charge in [-0.2, -0.15) is 0 Å². The molecule has 4 heterocycles. The van der Waals surface area contributed by atoms with E-state index in [1.165, 1.54) is 76.7 Å². The number of carboxylic acid groups (broad SMARTS) is 1. The van der Waals surface area contributed by atoms with E-state index >= 15 is 0 Å². The number of carbonyl (C=O) groups excluding carboxylic acids is 2. The second-order valence-electron chi connectivity index (χ2n) is 18.7. The summed E-state index contributed by atoms with van der Waals surface area (Å²) in [5.41, 5.74) is 9.24. The number of rotatable bonds is 8. The van der Waals surface area contributed by atoms with Crippen molar-refractivity contribution in [3.8, 4) is 0 Å². The Kier molecular flexibility index (Phi) is 14.8. The highest BCUT2D eigenvalue weighted by molar-refractivity contribution is 7.90. The van der Waals surface area contributed by atoms with Gasteiger partial charge in [0.15, 0.2) is 23.1 Å². The van der Waals surface area contributed by atoms with Gasteiger partial charge in [0.25, 0.3) is 0 Å². The highest BCUT2D eigenvalue weighted by atomic mass is 32.2. The summed E-state index contributed by atoms with van der Waals surface area (Å²) in [7, 11) is -5.13. The van der Waals surface area contributed by atoms with E-state index in [0.717, 1.165) is 57.6 Å². The third-order valence-electron chi connectivity index (χ3n) is 11.5. The van der Waals surface area contributed by atoms with Crippen molar-refractivity contribution in [3.05, 3.63) is 123 Å². The second kappa shape index (κ2) is 19.6. The van der Waals surface area contributed by atoms with Crippen LogP contribution in [0.5, 0.6) is 0 Å². The number of hydrogen-bond acceptors (Lipinski definition) is 14. The number of aliphatic imine (C=N–C) groups is 2. The van der Waals surface area contributed by atoms with Gasteiger partial charge in [-0.1, -0.05) is 6.07 Å². The number of alkyl carbamates (subject to hydrolysis) is 1. The predicted molar refractivity (Wildman–Crippen MR) is 251 cm³/mol. The van der Waals surface area contributed by atoms with Gasteiger partial charge in [0, 0.05) is 49.7 Å². The molecule has 2 atom stereocenters. The lowest BCUT2D eigenvalue weighted by Crippen LogP contribution is -2.54. The van der Waals surface area contributed by atoms with Crippen LogP contribution >= 0.6 is 0 Å². The first-order valence-corrected chi connectivity index (χ1v) is 24.9. The summed E-state index contributed by atoms with van der Waals surface area (Å²) in [5, 5.41) is 10.8. The smallest absolute Gasteiger partial charge is 0.414 e. The Morgan fingerprint density at radius 1 is 0.743 bits per heavy atom. The number of nitrogens with zero attached hydrogens (tertiary/aromatic N) is 6. The third-order valence-corrected chi connectivity index (χ3v) is 15.4. The Labute approximate surface area is 402 Å². The molecule has 376 valence electrons. The number of nitrogens with one attached hydrogen (secondary N) is 1. The molecule has 1 amide bonds. The number of hydrogen-bond donors (Lipinski definition) is 4. The number of nitrogens with two attached hydrogens (primary N) is 2. The standard InChI is InChI=1S/C21H22F2N4O3S.C16H23FN4O4S.C9H8FNO2/c1-21(11-31(29,30)27(2)20(24)26-21)15-7-12(3-6-16(15)22)8-18(28)19-17(23)9-14(10-25-19)13-4-5-13;1-15(2,3)25-14(22)19-13-20-16(4,9-26(23,24)21(13)5)11-8-10(18)6-7-12(11)17;10-7-3-6(5-1-2-5)4-11-8(7)9(12)13/h3,6-7,9-10,13H,4-5,8,11H2,1-2H3,(H2,24,26);6-8H,9,18H2,1-5H3,(H,19,20,22);3-5H,1-2H2,(H,12,13)/t21-;16-;/m00./s1. The Morgan fingerprint density at radius 3 is 1.71 bits per heavy atom. The van der Waals surface area contributed by atoms with Crippen LogP contribution in [0.4, 0.5) is 28.0 Å². The summed E-state index contributed by atoms with van der Waals surface area (Å²) in [4.78, 5) is 51.1. The van der Waals surface area contributed by atoms with E-state index < -0.39 is 95.0 Å². The molecule has 2 saturated carbocycles. The Morgan fingerprint density at radius 2 is 1.23 bits per heavy atom. The van der Waals surface area contributed by atoms with Gasteiger partial charge in [0.1, 0.15) is 34.0 Å². The van der Waals surface area contributed by atoms with Gasteiger partial charge in [-0.15, -0.1) is 0 Å². The minimum atomic E-state index is -3.86. The molecule has 2 fully saturated rings. The number of aromatic nitrogens is 2. The average molecular weight is 1020 g/mol. The van der Waals surface area contributed by atoms with E-state index in [0.29, 0.717) is 17.4 Å². The number of amides is 1. The van der Waals surface area contributed by atoms with Crippen molar-refractivity contribution in [2.24, 2.45) is 15.7 Å². The molecule has 0 saturated heterocycles. The number of ether oxygens (including phenoxy) is 1. The monoisotopic (exact) mass is 1020 g/mol. The van der Waals surface area contributed by atoms with Crippen LogP contribution in [0.25, 0.3) is 0 Å². The highest BCUT2D eigenvalue weighted by Crippen LogP contribution is 2.41. The molecule has 8 rings (SSSR count). The maximum Gasteiger partial charge on any atom is 0.414 e. The number of pyridine rings is 2. The largest absolute Gasteiger partial charge is 0.476 e. The SMILES string of the molecule is CN1C(N)=N[C@](C)(c2cc(CC(=O)c3ncc(C4CC4)cc3F)ccc2F)CS1(=O)=O.CN1C(NC(=O)OC(C)(C)C)=N[C@](C)(c2cc(N)ccc2F)CS1(=O)=O.O=C(O)c1ncc(C2CC2)cc1F. The number of ketones is 1. The zero-order valence-corrected chi connectivity index (χ0v) is 40.9. The first kappa shape index (κ1) is 52.7. The van der Waals surface area contributed by atoms with Gasteiger partial charge in [0.2, 0.25) is 32.0 Å². The van der Waals surface area contributed by atoms with Gasteiger partial charge < -0.3 is 21.3 Å². The van der Waals surface area contributed by atoms with E-state index in [4.69, 9.17) is 21.3 Å². The second-order valence-corrected chi connectivity index (χ2v) is 22.7. The lowest BCUT2D eigenvalue weighted by molar-refractivity contribution is 0.0557. The van der Waals surface area contributed by atoms with E-state index in [1.807, 2.05) is 0 Å². The van der Waals surface area contributed by atoms with Gasteiger partial charge in [-0.25, -0.2) is 72.5 Å². The average Bonchev–Trinajstić information content (AvgIpc) is 4.17. The quantitative estimate of drug-likeness (QED) is 0.0892. The van der Waals surface area contributed by atoms with E-state index in [2.05, 4.69) is 25.3 Å². The molecule has 2 aromatic heterocycles. The number of carbonyl (C=O) groups is 3. The molecular weight excluding hydrogens is 963 g/mol. The molecule has 6 N–H and O–H groups in total. The number of Topliss-reactive ketones (excluding diaryl/α,β-unsaturated/α-hetero) is 1. The predicted octanol–water partition coefficient (Wildman–Crippen LogP) is 6.04. The summed E-state index contributed by atoms with van der Waals surface area (Å²) in [5.74, 6) is -5.36. The zero-order valence-electron chi connectivity index (χ0n) is 39.3. The van der Waals surface area contributed by atoms with Crippen LogP contribution in [0.3, 0.4) is 0 Å². The minimum Gasteiger partial charge on any atom is -0.476 e. The van der Waals surface area contributed by atoms with Gasteiger partial charge >= 0.3 is 12.1 Å². The fourth-order valence-electron chi connectivity index (χ4n) is 7.52. The fourth-order valence-corrected chi connectivity index (χ4v) is 10.4. The van der Waals surface area contributed by atoms with E-state index in [1.54, 1.807) is 20.8 Å². The molecule has 4 aromatic rings. The number of guanidine groups is 2. The number of carboxylic acids is 1. The Balaban J connectivity index is 0.000000185.